The summed E-state index contributed by atoms with van der Waals surface area (Å²) in [4.78, 5) is 16.9. The van der Waals surface area contributed by atoms with Gasteiger partial charge in [-0.25, -0.2) is 17.8 Å². The van der Waals surface area contributed by atoms with Crippen LogP contribution in [0.2, 0.25) is 0 Å². The highest BCUT2D eigenvalue weighted by molar-refractivity contribution is 7.89. The van der Waals surface area contributed by atoms with E-state index < -0.39 is 10.0 Å². The Bertz CT molecular complexity index is 1190. The van der Waals surface area contributed by atoms with E-state index in [0.29, 0.717) is 49.1 Å². The molecule has 0 radical (unpaired) electrons. The van der Waals surface area contributed by atoms with Gasteiger partial charge in [0.15, 0.2) is 5.13 Å². The normalized spacial score (nSPS) is 14.9. The molecule has 168 valence electrons. The first kappa shape index (κ1) is 22.5. The van der Waals surface area contributed by atoms with Crippen LogP contribution in [0.25, 0.3) is 11.3 Å². The van der Waals surface area contributed by atoms with Gasteiger partial charge in [-0.3, -0.25) is 4.79 Å². The van der Waals surface area contributed by atoms with Gasteiger partial charge >= 0.3 is 0 Å². The Kier molecular flexibility index (Phi) is 6.95. The fourth-order valence-corrected chi connectivity index (χ4v) is 5.46. The van der Waals surface area contributed by atoms with E-state index in [4.69, 9.17) is 4.74 Å². The lowest BCUT2D eigenvalue weighted by Crippen LogP contribution is -2.40. The molecule has 0 spiro atoms. The van der Waals surface area contributed by atoms with Crippen LogP contribution in [0, 0.1) is 5.82 Å². The first-order valence-electron chi connectivity index (χ1n) is 10.1. The Balaban J connectivity index is 1.31. The Morgan fingerprint density at radius 2 is 1.91 bits per heavy atom. The van der Waals surface area contributed by atoms with Crippen LogP contribution in [-0.4, -0.2) is 49.9 Å². The van der Waals surface area contributed by atoms with Gasteiger partial charge in [0.2, 0.25) is 15.9 Å². The van der Waals surface area contributed by atoms with Gasteiger partial charge in [-0.05, 0) is 36.2 Å². The van der Waals surface area contributed by atoms with E-state index in [1.54, 1.807) is 41.8 Å². The van der Waals surface area contributed by atoms with Crippen molar-refractivity contribution in [1.29, 1.82) is 0 Å². The molecular weight excluding hydrogens is 453 g/mol. The maximum Gasteiger partial charge on any atom is 0.243 e. The van der Waals surface area contributed by atoms with Crippen LogP contribution in [0.1, 0.15) is 12.0 Å². The number of hydrogen-bond donors (Lipinski definition) is 1. The lowest BCUT2D eigenvalue weighted by molar-refractivity contribution is -0.116. The predicted molar refractivity (Wildman–Crippen MR) is 120 cm³/mol. The Labute approximate surface area is 189 Å². The highest BCUT2D eigenvalue weighted by atomic mass is 32.2. The van der Waals surface area contributed by atoms with Crippen molar-refractivity contribution in [2.45, 2.75) is 17.7 Å². The van der Waals surface area contributed by atoms with Gasteiger partial charge in [-0.1, -0.05) is 24.3 Å². The van der Waals surface area contributed by atoms with Gasteiger partial charge in [0.25, 0.3) is 0 Å². The van der Waals surface area contributed by atoms with E-state index in [1.807, 2.05) is 0 Å². The molecule has 2 aromatic carbocycles. The summed E-state index contributed by atoms with van der Waals surface area (Å²) in [5.41, 5.74) is 2.11. The molecule has 1 aromatic heterocycles. The minimum Gasteiger partial charge on any atom is -0.379 e. The van der Waals surface area contributed by atoms with E-state index in [9.17, 15) is 17.6 Å². The van der Waals surface area contributed by atoms with Gasteiger partial charge in [0.05, 0.1) is 23.8 Å². The fraction of sp³-hybridized carbons (Fsp3) is 0.273. The average Bonchev–Trinajstić information content (AvgIpc) is 3.27. The van der Waals surface area contributed by atoms with E-state index >= 15 is 0 Å². The van der Waals surface area contributed by atoms with Crippen molar-refractivity contribution in [3.63, 3.8) is 0 Å². The third-order valence-electron chi connectivity index (χ3n) is 5.04. The minimum absolute atomic E-state index is 0.199. The number of benzene rings is 2. The number of aryl methyl sites for hydroxylation is 1. The maximum atomic E-state index is 13.4. The van der Waals surface area contributed by atoms with E-state index in [2.05, 4.69) is 10.3 Å². The smallest absolute Gasteiger partial charge is 0.243 e. The molecular formula is C22H22FN3O4S2. The van der Waals surface area contributed by atoms with E-state index in [-0.39, 0.29) is 23.0 Å². The molecule has 1 aliphatic rings. The number of hydrogen-bond acceptors (Lipinski definition) is 6. The number of thiazole rings is 1. The topological polar surface area (TPSA) is 88.6 Å². The lowest BCUT2D eigenvalue weighted by atomic mass is 10.1. The van der Waals surface area contributed by atoms with E-state index in [0.717, 1.165) is 5.56 Å². The summed E-state index contributed by atoms with van der Waals surface area (Å²) < 4.78 is 45.4. The molecule has 0 unspecified atom stereocenters. The third-order valence-corrected chi connectivity index (χ3v) is 7.71. The zero-order valence-electron chi connectivity index (χ0n) is 17.2. The number of carbonyl (C=O) groups is 1. The second kappa shape index (κ2) is 9.86. The Hall–Kier alpha value is -2.66. The molecule has 0 bridgehead atoms. The number of nitrogens with one attached hydrogen (secondary N) is 1. The van der Waals surface area contributed by atoms with Crippen LogP contribution in [0.4, 0.5) is 9.52 Å². The number of aromatic nitrogens is 1. The van der Waals surface area contributed by atoms with Crippen molar-refractivity contribution in [3.05, 3.63) is 65.3 Å². The highest BCUT2D eigenvalue weighted by Gasteiger charge is 2.26. The molecule has 32 heavy (non-hydrogen) atoms. The molecule has 2 heterocycles. The van der Waals surface area contributed by atoms with Crippen molar-refractivity contribution < 1.29 is 22.3 Å². The second-order valence-corrected chi connectivity index (χ2v) is 10.1. The van der Waals surface area contributed by atoms with Gasteiger partial charge < -0.3 is 10.1 Å². The van der Waals surface area contributed by atoms with Gasteiger partial charge in [-0.15, -0.1) is 11.3 Å². The first-order valence-corrected chi connectivity index (χ1v) is 12.4. The molecule has 4 rings (SSSR count). The number of amides is 1. The Morgan fingerprint density at radius 1 is 1.16 bits per heavy atom. The summed E-state index contributed by atoms with van der Waals surface area (Å²) in [5.74, 6) is -0.542. The summed E-state index contributed by atoms with van der Waals surface area (Å²) in [6.07, 6.45) is 0.691. The number of sulfonamides is 1. The number of halogens is 1. The molecule has 0 atom stereocenters. The lowest BCUT2D eigenvalue weighted by Gasteiger charge is -2.26. The monoisotopic (exact) mass is 475 g/mol. The van der Waals surface area contributed by atoms with Crippen molar-refractivity contribution in [2.24, 2.45) is 0 Å². The van der Waals surface area contributed by atoms with Crippen molar-refractivity contribution in [2.75, 3.05) is 31.6 Å². The van der Waals surface area contributed by atoms with Crippen LogP contribution in [0.15, 0.2) is 58.8 Å². The number of morpholine rings is 1. The molecule has 1 aliphatic heterocycles. The summed E-state index contributed by atoms with van der Waals surface area (Å²) in [6, 6.07) is 12.7. The number of rotatable bonds is 7. The molecule has 1 fully saturated rings. The van der Waals surface area contributed by atoms with Crippen LogP contribution < -0.4 is 5.32 Å². The Morgan fingerprint density at radius 3 is 2.62 bits per heavy atom. The van der Waals surface area contributed by atoms with Crippen molar-refractivity contribution in [3.8, 4) is 11.3 Å². The summed E-state index contributed by atoms with van der Waals surface area (Å²) >= 11 is 1.27. The fourth-order valence-electron chi connectivity index (χ4n) is 3.32. The average molecular weight is 476 g/mol. The molecule has 0 saturated carbocycles. The van der Waals surface area contributed by atoms with Crippen molar-refractivity contribution >= 4 is 32.4 Å². The van der Waals surface area contributed by atoms with Crippen molar-refractivity contribution in [1.82, 2.24) is 9.29 Å². The number of ether oxygens (including phenoxy) is 1. The molecule has 1 amide bonds. The highest BCUT2D eigenvalue weighted by Crippen LogP contribution is 2.25. The summed E-state index contributed by atoms with van der Waals surface area (Å²) in [5, 5.41) is 4.96. The number of nitrogens with zero attached hydrogens (tertiary/aromatic N) is 2. The van der Waals surface area contributed by atoms with Gasteiger partial charge in [0.1, 0.15) is 5.82 Å². The zero-order chi connectivity index (χ0) is 22.6. The van der Waals surface area contributed by atoms with Crippen LogP contribution in [-0.2, 0) is 26.0 Å². The maximum absolute atomic E-state index is 13.4. The van der Waals surface area contributed by atoms with Crippen LogP contribution >= 0.6 is 11.3 Å². The summed E-state index contributed by atoms with van der Waals surface area (Å²) in [6.45, 7) is 1.49. The molecule has 1 saturated heterocycles. The van der Waals surface area contributed by atoms with Gasteiger partial charge in [0, 0.05) is 30.5 Å². The number of carbonyl (C=O) groups excluding carboxylic acids is 1. The number of anilines is 1. The molecule has 7 nitrogen and oxygen atoms in total. The van der Waals surface area contributed by atoms with Crippen LogP contribution in [0.5, 0.6) is 0 Å². The zero-order valence-corrected chi connectivity index (χ0v) is 18.8. The first-order chi connectivity index (χ1) is 15.4. The SMILES string of the molecule is O=C(CCc1ccc(S(=O)(=O)N2CCOCC2)cc1)Nc1nc(-c2cccc(F)c2)cs1. The molecule has 0 aliphatic carbocycles. The third kappa shape index (κ3) is 5.39. The van der Waals surface area contributed by atoms with Gasteiger partial charge in [-0.2, -0.15) is 4.31 Å². The largest absolute Gasteiger partial charge is 0.379 e. The molecule has 3 aromatic rings. The molecule has 10 heteroatoms. The minimum atomic E-state index is -3.53. The predicted octanol–water partition coefficient (Wildman–Crippen LogP) is 3.54. The van der Waals surface area contributed by atoms with E-state index in [1.165, 1.54) is 27.8 Å². The standard InChI is InChI=1S/C22H22FN3O4S2/c23-18-3-1-2-17(14-18)20-15-31-22(24-20)25-21(27)9-6-16-4-7-19(8-5-16)32(28,29)26-10-12-30-13-11-26/h1-5,7-8,14-15H,6,9-13H2,(H,24,25,27). The molecule has 1 N–H and O–H groups in total. The second-order valence-electron chi connectivity index (χ2n) is 7.26. The summed E-state index contributed by atoms with van der Waals surface area (Å²) in [7, 11) is -3.53. The quantitative estimate of drug-likeness (QED) is 0.565. The van der Waals surface area contributed by atoms with Crippen LogP contribution in [0.3, 0.4) is 0 Å².